The van der Waals surface area contributed by atoms with E-state index in [1.807, 2.05) is 0 Å². The van der Waals surface area contributed by atoms with Crippen molar-refractivity contribution in [1.29, 1.82) is 0 Å². The van der Waals surface area contributed by atoms with Crippen LogP contribution in [0, 0.1) is 6.92 Å². The van der Waals surface area contributed by atoms with Gasteiger partial charge in [0.1, 0.15) is 0 Å². The van der Waals surface area contributed by atoms with Crippen molar-refractivity contribution in [3.63, 3.8) is 0 Å². The number of rotatable bonds is 4. The summed E-state index contributed by atoms with van der Waals surface area (Å²) in [6, 6.07) is 0. The summed E-state index contributed by atoms with van der Waals surface area (Å²) in [4.78, 5) is 26.4. The lowest BCUT2D eigenvalue weighted by atomic mass is 10.3. The van der Waals surface area contributed by atoms with E-state index in [1.54, 1.807) is 6.92 Å². The summed E-state index contributed by atoms with van der Waals surface area (Å²) in [7, 11) is 0. The largest absolute Gasteiger partial charge is 0.369 e. The molecule has 0 radical (unpaired) electrons. The molecule has 0 unspecified atom stereocenters. The molecule has 4 nitrogen and oxygen atoms in total. The van der Waals surface area contributed by atoms with Gasteiger partial charge in [0.05, 0.1) is 16.3 Å². The predicted octanol–water partition coefficient (Wildman–Crippen LogP) is 1.65. The first-order valence-electron chi connectivity index (χ1n) is 3.90. The van der Waals surface area contributed by atoms with Gasteiger partial charge in [-0.25, -0.2) is 4.98 Å². The molecule has 0 spiro atoms. The van der Waals surface area contributed by atoms with Crippen LogP contribution >= 0.6 is 35.5 Å². The lowest BCUT2D eigenvalue weighted by Gasteiger charge is -1.89. The van der Waals surface area contributed by atoms with Crippen LogP contribution in [0.3, 0.4) is 0 Å². The summed E-state index contributed by atoms with van der Waals surface area (Å²) in [5.41, 5.74) is 5.71. The van der Waals surface area contributed by atoms with Crippen molar-refractivity contribution in [2.24, 2.45) is 5.73 Å². The number of primary amides is 1. The Morgan fingerprint density at radius 1 is 1.53 bits per heavy atom. The Kier molecular flexibility index (Phi) is 5.85. The fraction of sp³-hybridized carbons (Fsp3) is 0.375. The maximum Gasteiger partial charge on any atom is 0.227 e. The summed E-state index contributed by atoms with van der Waals surface area (Å²) in [5, 5.41) is 0. The van der Waals surface area contributed by atoms with Crippen molar-refractivity contribution in [3.8, 4) is 0 Å². The summed E-state index contributed by atoms with van der Waals surface area (Å²) in [6.45, 7) is 3.28. The van der Waals surface area contributed by atoms with Gasteiger partial charge in [-0.1, -0.05) is 11.8 Å². The van der Waals surface area contributed by atoms with Gasteiger partial charge < -0.3 is 5.73 Å². The number of ketones is 1. The van der Waals surface area contributed by atoms with Crippen LogP contribution in [0.4, 0.5) is 0 Å². The van der Waals surface area contributed by atoms with Crippen LogP contribution in [-0.2, 0) is 4.79 Å². The van der Waals surface area contributed by atoms with Gasteiger partial charge in [0.15, 0.2) is 10.1 Å². The Labute approximate surface area is 102 Å². The zero-order valence-electron chi connectivity index (χ0n) is 8.27. The molecule has 1 heterocycles. The molecule has 1 aromatic heterocycles. The minimum atomic E-state index is -0.382. The number of thiazole rings is 1. The number of halogens is 1. The number of nitrogens with two attached hydrogens (primary N) is 1. The number of hydrogen-bond acceptors (Lipinski definition) is 5. The topological polar surface area (TPSA) is 73.1 Å². The molecule has 0 bridgehead atoms. The molecule has 0 atom stereocenters. The summed E-state index contributed by atoms with van der Waals surface area (Å²) < 4.78 is 0.714. The molecule has 15 heavy (non-hydrogen) atoms. The summed E-state index contributed by atoms with van der Waals surface area (Å²) >= 11 is 2.57. The third-order valence-electron chi connectivity index (χ3n) is 1.43. The van der Waals surface area contributed by atoms with Crippen LogP contribution in [0.2, 0.25) is 0 Å². The SMILES string of the molecule is CC(=O)c1sc(SCC(N)=O)nc1C.Cl. The highest BCUT2D eigenvalue weighted by atomic mass is 35.5. The second-order valence-electron chi connectivity index (χ2n) is 2.71. The second-order valence-corrected chi connectivity index (χ2v) is 4.93. The molecule has 2 N–H and O–H groups in total. The minimum Gasteiger partial charge on any atom is -0.369 e. The third-order valence-corrected chi connectivity index (χ3v) is 3.86. The van der Waals surface area contributed by atoms with Crippen LogP contribution in [-0.4, -0.2) is 22.4 Å². The lowest BCUT2D eigenvalue weighted by molar-refractivity contribution is -0.115. The van der Waals surface area contributed by atoms with E-state index in [-0.39, 0.29) is 29.9 Å². The molecular formula is C8H11ClN2O2S2. The number of aromatic nitrogens is 1. The molecule has 0 saturated carbocycles. The molecule has 0 saturated heterocycles. The number of thioether (sulfide) groups is 1. The normalized spacial score (nSPS) is 9.47. The Morgan fingerprint density at radius 2 is 2.13 bits per heavy atom. The van der Waals surface area contributed by atoms with Gasteiger partial charge in [0.25, 0.3) is 0 Å². The number of Topliss-reactive ketones (excluding diaryl/α,β-unsaturated/α-hetero) is 1. The molecule has 7 heteroatoms. The van der Waals surface area contributed by atoms with Gasteiger partial charge in [-0.15, -0.1) is 23.7 Å². The molecule has 1 amide bonds. The molecule has 1 rings (SSSR count). The highest BCUT2D eigenvalue weighted by molar-refractivity contribution is 8.01. The van der Waals surface area contributed by atoms with E-state index in [0.29, 0.717) is 9.22 Å². The summed E-state index contributed by atoms with van der Waals surface area (Å²) in [6.07, 6.45) is 0. The Hall–Kier alpha value is -0.590. The maximum absolute atomic E-state index is 11.1. The Bertz CT molecular complexity index is 379. The van der Waals surface area contributed by atoms with Crippen molar-refractivity contribution in [3.05, 3.63) is 10.6 Å². The van der Waals surface area contributed by atoms with Crippen LogP contribution in [0.1, 0.15) is 22.3 Å². The van der Waals surface area contributed by atoms with Gasteiger partial charge in [0, 0.05) is 6.92 Å². The average molecular weight is 267 g/mol. The number of amides is 1. The number of hydrogen-bond donors (Lipinski definition) is 1. The van der Waals surface area contributed by atoms with Crippen molar-refractivity contribution in [2.75, 3.05) is 5.75 Å². The first-order valence-corrected chi connectivity index (χ1v) is 5.70. The van der Waals surface area contributed by atoms with Crippen LogP contribution in [0.25, 0.3) is 0 Å². The third kappa shape index (κ3) is 4.19. The number of carbonyl (C=O) groups excluding carboxylic acids is 2. The van der Waals surface area contributed by atoms with E-state index < -0.39 is 0 Å². The molecule has 84 valence electrons. The quantitative estimate of drug-likeness (QED) is 0.664. The monoisotopic (exact) mass is 266 g/mol. The van der Waals surface area contributed by atoms with Gasteiger partial charge in [-0.3, -0.25) is 9.59 Å². The molecule has 0 aliphatic carbocycles. The average Bonchev–Trinajstić information content (AvgIpc) is 2.43. The van der Waals surface area contributed by atoms with Crippen LogP contribution in [0.15, 0.2) is 4.34 Å². The first kappa shape index (κ1) is 14.4. The standard InChI is InChI=1S/C8H10N2O2S2.ClH/c1-4-7(5(2)11)14-8(10-4)13-3-6(9)12;/h3H2,1-2H3,(H2,9,12);1H. The van der Waals surface area contributed by atoms with E-state index in [2.05, 4.69) is 4.98 Å². The van der Waals surface area contributed by atoms with Crippen molar-refractivity contribution < 1.29 is 9.59 Å². The zero-order valence-corrected chi connectivity index (χ0v) is 10.7. The van der Waals surface area contributed by atoms with Crippen molar-refractivity contribution >= 4 is 47.2 Å². The van der Waals surface area contributed by atoms with Gasteiger partial charge in [0.2, 0.25) is 5.91 Å². The molecule has 0 aromatic carbocycles. The lowest BCUT2D eigenvalue weighted by Crippen LogP contribution is -2.12. The van der Waals surface area contributed by atoms with E-state index in [9.17, 15) is 9.59 Å². The molecule has 0 fully saturated rings. The highest BCUT2D eigenvalue weighted by Crippen LogP contribution is 2.27. The second kappa shape index (κ2) is 6.09. The Balaban J connectivity index is 0.00000196. The van der Waals surface area contributed by atoms with Gasteiger partial charge >= 0.3 is 0 Å². The number of nitrogens with zero attached hydrogens (tertiary/aromatic N) is 1. The zero-order chi connectivity index (χ0) is 10.7. The molecule has 0 aliphatic rings. The Morgan fingerprint density at radius 3 is 2.53 bits per heavy atom. The number of aryl methyl sites for hydroxylation is 1. The van der Waals surface area contributed by atoms with E-state index >= 15 is 0 Å². The van der Waals surface area contributed by atoms with Crippen molar-refractivity contribution in [2.45, 2.75) is 18.2 Å². The van der Waals surface area contributed by atoms with Gasteiger partial charge in [-0.2, -0.15) is 0 Å². The smallest absolute Gasteiger partial charge is 0.227 e. The first-order chi connectivity index (χ1) is 6.50. The highest BCUT2D eigenvalue weighted by Gasteiger charge is 2.11. The molecule has 1 aromatic rings. The van der Waals surface area contributed by atoms with Crippen LogP contribution in [0.5, 0.6) is 0 Å². The molecule has 0 aliphatic heterocycles. The minimum absolute atomic E-state index is 0. The summed E-state index contributed by atoms with van der Waals surface area (Å²) in [5.74, 6) is -0.178. The van der Waals surface area contributed by atoms with Crippen molar-refractivity contribution in [1.82, 2.24) is 4.98 Å². The van der Waals surface area contributed by atoms with E-state index in [4.69, 9.17) is 5.73 Å². The van der Waals surface area contributed by atoms with Gasteiger partial charge in [-0.05, 0) is 6.92 Å². The predicted molar refractivity (Wildman–Crippen MR) is 64.0 cm³/mol. The molecular weight excluding hydrogens is 256 g/mol. The number of carbonyl (C=O) groups is 2. The fourth-order valence-corrected chi connectivity index (χ4v) is 2.72. The maximum atomic E-state index is 11.1. The van der Waals surface area contributed by atoms with E-state index in [1.165, 1.54) is 30.0 Å². The van der Waals surface area contributed by atoms with E-state index in [0.717, 1.165) is 5.69 Å². The fourth-order valence-electron chi connectivity index (χ4n) is 0.893. The van der Waals surface area contributed by atoms with Crippen LogP contribution < -0.4 is 5.73 Å².